The van der Waals surface area contributed by atoms with Gasteiger partial charge in [-0.25, -0.2) is 0 Å². The Kier molecular flexibility index (Phi) is 2.65. The number of fused-ring (bicyclic) bond motifs is 2. The molecule has 1 heterocycles. The molecule has 2 fully saturated rings. The highest BCUT2D eigenvalue weighted by atomic mass is 14.7. The maximum atomic E-state index is 4.68. The van der Waals surface area contributed by atoms with Crippen molar-refractivity contribution in [2.75, 3.05) is 0 Å². The Hall–Kier alpha value is -1.63. The number of benzene rings is 1. The molecule has 0 amide bonds. The molecule has 96 valence electrons. The molecule has 2 bridgehead atoms. The first-order valence-corrected chi connectivity index (χ1v) is 7.41. The molecule has 3 atom stereocenters. The van der Waals surface area contributed by atoms with Crippen LogP contribution in [0.3, 0.4) is 0 Å². The van der Waals surface area contributed by atoms with Gasteiger partial charge in [-0.3, -0.25) is 4.98 Å². The lowest BCUT2D eigenvalue weighted by molar-refractivity contribution is 0.419. The van der Waals surface area contributed by atoms with Crippen molar-refractivity contribution >= 4 is 0 Å². The SMILES string of the molecule is c1ccc(-c2ccc(C3CC4CCC3C4)cn2)cc1. The molecule has 2 aliphatic rings. The van der Waals surface area contributed by atoms with Gasteiger partial charge in [0.1, 0.15) is 0 Å². The monoisotopic (exact) mass is 249 g/mol. The molecule has 1 aromatic heterocycles. The molecule has 0 radical (unpaired) electrons. The average Bonchev–Trinajstić information content (AvgIpc) is 3.11. The van der Waals surface area contributed by atoms with Crippen LogP contribution >= 0.6 is 0 Å². The van der Waals surface area contributed by atoms with Crippen molar-refractivity contribution in [3.63, 3.8) is 0 Å². The molecule has 2 aromatic rings. The smallest absolute Gasteiger partial charge is 0.0702 e. The summed E-state index contributed by atoms with van der Waals surface area (Å²) in [4.78, 5) is 4.68. The molecular weight excluding hydrogens is 230 g/mol. The van der Waals surface area contributed by atoms with Gasteiger partial charge in [0.25, 0.3) is 0 Å². The van der Waals surface area contributed by atoms with Crippen LogP contribution in [0.15, 0.2) is 48.7 Å². The summed E-state index contributed by atoms with van der Waals surface area (Å²) in [5.74, 6) is 2.73. The van der Waals surface area contributed by atoms with E-state index in [1.165, 1.54) is 36.8 Å². The van der Waals surface area contributed by atoms with Crippen LogP contribution in [0.1, 0.15) is 37.2 Å². The van der Waals surface area contributed by atoms with Crippen molar-refractivity contribution in [2.45, 2.75) is 31.6 Å². The standard InChI is InChI=1S/C18H19N/c1-2-4-14(5-3-1)18-9-8-16(12-19-18)17-11-13-6-7-15(17)10-13/h1-5,8-9,12-13,15,17H,6-7,10-11H2. The van der Waals surface area contributed by atoms with E-state index in [0.717, 1.165) is 23.4 Å². The number of pyridine rings is 1. The summed E-state index contributed by atoms with van der Waals surface area (Å²) in [5.41, 5.74) is 3.77. The van der Waals surface area contributed by atoms with E-state index in [4.69, 9.17) is 0 Å². The summed E-state index contributed by atoms with van der Waals surface area (Å²) in [6.07, 6.45) is 7.89. The molecule has 2 saturated carbocycles. The minimum Gasteiger partial charge on any atom is -0.256 e. The summed E-state index contributed by atoms with van der Waals surface area (Å²) in [6.45, 7) is 0. The molecular formula is C18H19N. The fraction of sp³-hybridized carbons (Fsp3) is 0.389. The predicted octanol–water partition coefficient (Wildman–Crippen LogP) is 4.65. The quantitative estimate of drug-likeness (QED) is 0.754. The van der Waals surface area contributed by atoms with Gasteiger partial charge in [0.2, 0.25) is 0 Å². The lowest BCUT2D eigenvalue weighted by atomic mass is 9.84. The van der Waals surface area contributed by atoms with Gasteiger partial charge >= 0.3 is 0 Å². The van der Waals surface area contributed by atoms with Gasteiger partial charge < -0.3 is 0 Å². The Morgan fingerprint density at radius 3 is 2.42 bits per heavy atom. The maximum absolute atomic E-state index is 4.68. The van der Waals surface area contributed by atoms with Crippen LogP contribution in [0, 0.1) is 11.8 Å². The Balaban J connectivity index is 1.60. The molecule has 0 N–H and O–H groups in total. The van der Waals surface area contributed by atoms with E-state index < -0.39 is 0 Å². The van der Waals surface area contributed by atoms with Crippen molar-refractivity contribution in [1.82, 2.24) is 4.98 Å². The predicted molar refractivity (Wildman–Crippen MR) is 77.9 cm³/mol. The molecule has 0 spiro atoms. The highest BCUT2D eigenvalue weighted by Crippen LogP contribution is 2.52. The topological polar surface area (TPSA) is 12.9 Å². The zero-order valence-corrected chi connectivity index (χ0v) is 11.1. The number of hydrogen-bond donors (Lipinski definition) is 0. The highest BCUT2D eigenvalue weighted by Gasteiger charge is 2.40. The minimum absolute atomic E-state index is 0.788. The van der Waals surface area contributed by atoms with Gasteiger partial charge in [-0.15, -0.1) is 0 Å². The van der Waals surface area contributed by atoms with Gasteiger partial charge in [0.15, 0.2) is 0 Å². The largest absolute Gasteiger partial charge is 0.256 e. The van der Waals surface area contributed by atoms with E-state index in [1.807, 2.05) is 6.07 Å². The molecule has 4 rings (SSSR count). The van der Waals surface area contributed by atoms with Gasteiger partial charge in [-0.2, -0.15) is 0 Å². The molecule has 1 heteroatoms. The van der Waals surface area contributed by atoms with Gasteiger partial charge in [-0.05, 0) is 48.6 Å². The van der Waals surface area contributed by atoms with Crippen LogP contribution in [0.2, 0.25) is 0 Å². The van der Waals surface area contributed by atoms with Gasteiger partial charge in [-0.1, -0.05) is 42.8 Å². The van der Waals surface area contributed by atoms with Gasteiger partial charge in [0.05, 0.1) is 5.69 Å². The summed E-state index contributed by atoms with van der Waals surface area (Å²) in [6, 6.07) is 14.9. The third-order valence-electron chi connectivity index (χ3n) is 5.02. The molecule has 1 aromatic carbocycles. The van der Waals surface area contributed by atoms with E-state index in [2.05, 4.69) is 47.6 Å². The minimum atomic E-state index is 0.788. The zero-order chi connectivity index (χ0) is 12.7. The van der Waals surface area contributed by atoms with E-state index in [9.17, 15) is 0 Å². The molecule has 0 saturated heterocycles. The Morgan fingerprint density at radius 2 is 1.79 bits per heavy atom. The third-order valence-corrected chi connectivity index (χ3v) is 5.02. The fourth-order valence-electron chi connectivity index (χ4n) is 4.06. The van der Waals surface area contributed by atoms with Crippen LogP contribution < -0.4 is 0 Å². The first-order valence-electron chi connectivity index (χ1n) is 7.41. The molecule has 0 aliphatic heterocycles. The Morgan fingerprint density at radius 1 is 0.895 bits per heavy atom. The Labute approximate surface area is 114 Å². The van der Waals surface area contributed by atoms with E-state index in [1.54, 1.807) is 0 Å². The van der Waals surface area contributed by atoms with Crippen LogP contribution in [0.5, 0.6) is 0 Å². The highest BCUT2D eigenvalue weighted by molar-refractivity contribution is 5.58. The number of nitrogens with zero attached hydrogens (tertiary/aromatic N) is 1. The fourth-order valence-corrected chi connectivity index (χ4v) is 4.06. The van der Waals surface area contributed by atoms with Crippen molar-refractivity contribution in [2.24, 2.45) is 11.8 Å². The summed E-state index contributed by atoms with van der Waals surface area (Å²) >= 11 is 0. The molecule has 19 heavy (non-hydrogen) atoms. The van der Waals surface area contributed by atoms with Crippen LogP contribution in [0.25, 0.3) is 11.3 Å². The second kappa shape index (κ2) is 4.48. The third kappa shape index (κ3) is 1.98. The van der Waals surface area contributed by atoms with Crippen molar-refractivity contribution in [3.8, 4) is 11.3 Å². The number of rotatable bonds is 2. The maximum Gasteiger partial charge on any atom is 0.0702 e. The van der Waals surface area contributed by atoms with E-state index in [0.29, 0.717) is 0 Å². The first kappa shape index (κ1) is 11.2. The van der Waals surface area contributed by atoms with Crippen molar-refractivity contribution < 1.29 is 0 Å². The number of hydrogen-bond acceptors (Lipinski definition) is 1. The summed E-state index contributed by atoms with van der Waals surface area (Å²) in [7, 11) is 0. The summed E-state index contributed by atoms with van der Waals surface area (Å²) in [5, 5.41) is 0. The van der Waals surface area contributed by atoms with Crippen molar-refractivity contribution in [3.05, 3.63) is 54.2 Å². The zero-order valence-electron chi connectivity index (χ0n) is 11.1. The lowest BCUT2D eigenvalue weighted by Crippen LogP contribution is -2.08. The normalized spacial score (nSPS) is 28.7. The van der Waals surface area contributed by atoms with Crippen molar-refractivity contribution in [1.29, 1.82) is 0 Å². The second-order valence-corrected chi connectivity index (χ2v) is 6.12. The van der Waals surface area contributed by atoms with E-state index >= 15 is 0 Å². The van der Waals surface area contributed by atoms with Crippen LogP contribution in [0.4, 0.5) is 0 Å². The van der Waals surface area contributed by atoms with E-state index in [-0.39, 0.29) is 0 Å². The van der Waals surface area contributed by atoms with Crippen LogP contribution in [-0.4, -0.2) is 4.98 Å². The molecule has 2 aliphatic carbocycles. The van der Waals surface area contributed by atoms with Crippen LogP contribution in [-0.2, 0) is 0 Å². The molecule has 1 nitrogen and oxygen atoms in total. The first-order chi connectivity index (χ1) is 9.40. The molecule has 3 unspecified atom stereocenters. The Bertz CT molecular complexity index is 558. The lowest BCUT2D eigenvalue weighted by Gasteiger charge is -2.21. The second-order valence-electron chi connectivity index (χ2n) is 6.12. The summed E-state index contributed by atoms with van der Waals surface area (Å²) < 4.78 is 0. The number of aromatic nitrogens is 1. The average molecular weight is 249 g/mol. The van der Waals surface area contributed by atoms with Gasteiger partial charge in [0, 0.05) is 11.8 Å².